The first kappa shape index (κ1) is 45.2. The first-order valence-corrected chi connectivity index (χ1v) is 21.1. The van der Waals surface area contributed by atoms with Gasteiger partial charge in [-0.2, -0.15) is 0 Å². The molecule has 2 rings (SSSR count). The SMILES string of the molecule is CCCCCCCCCCC#Cc1csc(C(OC(=O)/C=C\C(=O)OC(c2cc(C#CCCCCCCCCCC)cs2)[C@@H](N)CO)[C@@H](N)CO)c1. The normalized spacial score (nSPS) is 13.4. The van der Waals surface area contributed by atoms with Gasteiger partial charge in [0.05, 0.1) is 25.3 Å². The number of aliphatic hydroxyl groups is 2. The number of hydrogen-bond acceptors (Lipinski definition) is 10. The lowest BCUT2D eigenvalue weighted by Crippen LogP contribution is -2.34. The Bertz CT molecular complexity index is 1320. The van der Waals surface area contributed by atoms with Crippen LogP contribution < -0.4 is 11.5 Å². The zero-order chi connectivity index (χ0) is 37.8. The Labute approximate surface area is 320 Å². The quantitative estimate of drug-likeness (QED) is 0.0323. The van der Waals surface area contributed by atoms with E-state index in [1.165, 1.54) is 113 Å². The molecule has 2 unspecified atom stereocenters. The van der Waals surface area contributed by atoms with Crippen LogP contribution in [0.1, 0.15) is 163 Å². The molecule has 10 heteroatoms. The van der Waals surface area contributed by atoms with E-state index in [0.29, 0.717) is 9.75 Å². The number of carbonyl (C=O) groups is 2. The van der Waals surface area contributed by atoms with E-state index in [0.717, 1.165) is 49.0 Å². The second-order valence-electron chi connectivity index (χ2n) is 13.3. The van der Waals surface area contributed by atoms with Crippen LogP contribution >= 0.6 is 22.7 Å². The van der Waals surface area contributed by atoms with E-state index in [4.69, 9.17) is 20.9 Å². The molecular weight excluding hydrogens is 693 g/mol. The van der Waals surface area contributed by atoms with E-state index in [-0.39, 0.29) is 0 Å². The Morgan fingerprint density at radius 2 is 0.981 bits per heavy atom. The molecule has 0 aliphatic heterocycles. The van der Waals surface area contributed by atoms with E-state index < -0.39 is 49.4 Å². The largest absolute Gasteiger partial charge is 0.452 e. The number of nitrogens with two attached hydrogens (primary N) is 2. The number of carbonyl (C=O) groups excluding carboxylic acids is 2. The molecular formula is C42H62N2O6S2. The van der Waals surface area contributed by atoms with Gasteiger partial charge in [0, 0.05) is 56.6 Å². The molecule has 0 aliphatic rings. The number of unbranched alkanes of at least 4 members (excludes halogenated alkanes) is 16. The summed E-state index contributed by atoms with van der Waals surface area (Å²) in [5.41, 5.74) is 13.8. The van der Waals surface area contributed by atoms with Crippen molar-refractivity contribution in [2.45, 2.75) is 154 Å². The molecule has 0 aromatic carbocycles. The minimum absolute atomic E-state index is 0.409. The predicted molar refractivity (Wildman–Crippen MR) is 214 cm³/mol. The lowest BCUT2D eigenvalue weighted by Gasteiger charge is -2.21. The van der Waals surface area contributed by atoms with Gasteiger partial charge in [0.1, 0.15) is 0 Å². The van der Waals surface area contributed by atoms with Gasteiger partial charge in [0.2, 0.25) is 0 Å². The number of hydrogen-bond donors (Lipinski definition) is 4. The third-order valence-electron chi connectivity index (χ3n) is 8.62. The van der Waals surface area contributed by atoms with Crippen LogP contribution in [0.3, 0.4) is 0 Å². The fourth-order valence-corrected chi connectivity index (χ4v) is 7.41. The summed E-state index contributed by atoms with van der Waals surface area (Å²) in [5.74, 6) is 11.1. The summed E-state index contributed by atoms with van der Waals surface area (Å²) in [5, 5.41) is 23.2. The summed E-state index contributed by atoms with van der Waals surface area (Å²) in [6.45, 7) is 3.64. The molecule has 52 heavy (non-hydrogen) atoms. The number of thiophene rings is 2. The molecule has 8 nitrogen and oxygen atoms in total. The molecule has 4 atom stereocenters. The number of rotatable bonds is 26. The highest BCUT2D eigenvalue weighted by Crippen LogP contribution is 2.29. The second-order valence-corrected chi connectivity index (χ2v) is 15.2. The predicted octanol–water partition coefficient (Wildman–Crippen LogP) is 8.64. The average Bonchev–Trinajstić information content (AvgIpc) is 3.83. The van der Waals surface area contributed by atoms with Crippen molar-refractivity contribution in [3.63, 3.8) is 0 Å². The summed E-state index contributed by atoms with van der Waals surface area (Å²) in [6.07, 6.45) is 21.7. The fraction of sp³-hybridized carbons (Fsp3) is 0.619. The van der Waals surface area contributed by atoms with E-state index in [9.17, 15) is 19.8 Å². The van der Waals surface area contributed by atoms with Crippen molar-refractivity contribution in [3.05, 3.63) is 55.9 Å². The van der Waals surface area contributed by atoms with Crippen molar-refractivity contribution in [2.24, 2.45) is 11.5 Å². The Kier molecular flexibility index (Phi) is 24.8. The maximum absolute atomic E-state index is 12.8. The highest BCUT2D eigenvalue weighted by molar-refractivity contribution is 7.10. The van der Waals surface area contributed by atoms with Crippen molar-refractivity contribution in [1.29, 1.82) is 0 Å². The first-order valence-electron chi connectivity index (χ1n) is 19.3. The Balaban J connectivity index is 1.88. The fourth-order valence-electron chi connectivity index (χ4n) is 5.53. The third-order valence-corrected chi connectivity index (χ3v) is 10.6. The van der Waals surface area contributed by atoms with Crippen LogP contribution in [0.5, 0.6) is 0 Å². The Morgan fingerprint density at radius 3 is 1.33 bits per heavy atom. The minimum Gasteiger partial charge on any atom is -0.452 e. The van der Waals surface area contributed by atoms with E-state index in [2.05, 4.69) is 37.5 Å². The molecule has 0 saturated carbocycles. The van der Waals surface area contributed by atoms with Crippen LogP contribution in [0.25, 0.3) is 0 Å². The molecule has 0 spiro atoms. The van der Waals surface area contributed by atoms with Gasteiger partial charge in [-0.15, -0.1) is 22.7 Å². The molecule has 2 aromatic rings. The highest BCUT2D eigenvalue weighted by Gasteiger charge is 2.26. The van der Waals surface area contributed by atoms with Crippen molar-refractivity contribution in [1.82, 2.24) is 0 Å². The summed E-state index contributed by atoms with van der Waals surface area (Å²) in [4.78, 5) is 26.8. The van der Waals surface area contributed by atoms with Gasteiger partial charge in [-0.05, 0) is 25.0 Å². The molecule has 0 bridgehead atoms. The average molecular weight is 755 g/mol. The van der Waals surface area contributed by atoms with Gasteiger partial charge < -0.3 is 31.2 Å². The molecule has 2 heterocycles. The summed E-state index contributed by atoms with van der Waals surface area (Å²) in [7, 11) is 0. The number of esters is 2. The topological polar surface area (TPSA) is 145 Å². The van der Waals surface area contributed by atoms with Gasteiger partial charge in [-0.25, -0.2) is 9.59 Å². The lowest BCUT2D eigenvalue weighted by atomic mass is 10.1. The number of ether oxygens (including phenoxy) is 2. The van der Waals surface area contributed by atoms with Gasteiger partial charge >= 0.3 is 11.9 Å². The Morgan fingerprint density at radius 1 is 0.635 bits per heavy atom. The van der Waals surface area contributed by atoms with Crippen LogP contribution in [-0.2, 0) is 19.1 Å². The van der Waals surface area contributed by atoms with Gasteiger partial charge in [0.15, 0.2) is 12.2 Å². The third kappa shape index (κ3) is 19.2. The lowest BCUT2D eigenvalue weighted by molar-refractivity contribution is -0.147. The minimum atomic E-state index is -0.928. The van der Waals surface area contributed by atoms with Crippen LogP contribution in [0.2, 0.25) is 0 Å². The van der Waals surface area contributed by atoms with Crippen LogP contribution in [0.15, 0.2) is 35.0 Å². The smallest absolute Gasteiger partial charge is 0.331 e. The molecule has 0 aliphatic carbocycles. The summed E-state index contributed by atoms with van der Waals surface area (Å²) in [6, 6.07) is 1.88. The maximum atomic E-state index is 12.8. The van der Waals surface area contributed by atoms with E-state index >= 15 is 0 Å². The molecule has 0 amide bonds. The molecule has 0 radical (unpaired) electrons. The maximum Gasteiger partial charge on any atom is 0.331 e. The molecule has 0 saturated heterocycles. The van der Waals surface area contributed by atoms with E-state index in [1.807, 2.05) is 22.9 Å². The molecule has 0 fully saturated rings. The summed E-state index contributed by atoms with van der Waals surface area (Å²) < 4.78 is 11.1. The zero-order valence-corrected chi connectivity index (χ0v) is 33.0. The Hall–Kier alpha value is -2.96. The summed E-state index contributed by atoms with van der Waals surface area (Å²) >= 11 is 2.68. The molecule has 2 aromatic heterocycles. The van der Waals surface area contributed by atoms with Crippen LogP contribution in [0, 0.1) is 23.7 Å². The van der Waals surface area contributed by atoms with Gasteiger partial charge in [-0.3, -0.25) is 0 Å². The second kappa shape index (κ2) is 28.5. The van der Waals surface area contributed by atoms with Gasteiger partial charge in [-0.1, -0.05) is 127 Å². The van der Waals surface area contributed by atoms with Gasteiger partial charge in [0.25, 0.3) is 0 Å². The number of aliphatic hydroxyl groups excluding tert-OH is 2. The van der Waals surface area contributed by atoms with Crippen molar-refractivity contribution >= 4 is 34.6 Å². The highest BCUT2D eigenvalue weighted by atomic mass is 32.1. The monoisotopic (exact) mass is 754 g/mol. The molecule has 6 N–H and O–H groups in total. The van der Waals surface area contributed by atoms with Crippen LogP contribution in [-0.4, -0.2) is 47.4 Å². The first-order chi connectivity index (χ1) is 25.3. The van der Waals surface area contributed by atoms with E-state index in [1.54, 1.807) is 0 Å². The standard InChI is InChI=1S/C42H62N2O6S2/c1-3-5-7-9-11-13-15-17-19-21-23-33-27-37(51-31-33)41(35(43)29-45)49-39(47)25-26-40(48)50-42(36(44)30-46)38-28-34(32-52-38)24-22-20-18-16-14-12-10-8-6-4-2/h25-28,31-32,35-36,41-42,45-46H,3-20,29-30,43-44H2,1-2H3/b26-25-/t35-,36-,41?,42?/m0/s1. The van der Waals surface area contributed by atoms with Crippen molar-refractivity contribution < 1.29 is 29.3 Å². The van der Waals surface area contributed by atoms with Crippen LogP contribution in [0.4, 0.5) is 0 Å². The van der Waals surface area contributed by atoms with Crippen molar-refractivity contribution in [2.75, 3.05) is 13.2 Å². The van der Waals surface area contributed by atoms with Crippen molar-refractivity contribution in [3.8, 4) is 23.7 Å². The zero-order valence-electron chi connectivity index (χ0n) is 31.4. The molecule has 288 valence electrons.